The zero-order valence-electron chi connectivity index (χ0n) is 8.21. The van der Waals surface area contributed by atoms with E-state index in [9.17, 15) is 4.79 Å². The molecule has 0 aromatic heterocycles. The van der Waals surface area contributed by atoms with Gasteiger partial charge in [-0.1, -0.05) is 26.2 Å². The lowest BCUT2D eigenvalue weighted by Gasteiger charge is -2.35. The van der Waals surface area contributed by atoms with Crippen molar-refractivity contribution in [3.8, 4) is 0 Å². The third kappa shape index (κ3) is 3.22. The van der Waals surface area contributed by atoms with Gasteiger partial charge >= 0.3 is 5.97 Å². The summed E-state index contributed by atoms with van der Waals surface area (Å²) in [6.45, 7) is 2.11. The van der Waals surface area contributed by atoms with Gasteiger partial charge in [0.1, 0.15) is 0 Å². The zero-order valence-corrected chi connectivity index (χ0v) is 9.03. The average Bonchev–Trinajstić information content (AvgIpc) is 2.04. The van der Waals surface area contributed by atoms with Crippen molar-refractivity contribution < 1.29 is 9.90 Å². The number of aliphatic carboxylic acids is 1. The smallest absolute Gasteiger partial charge is 0.304 e. The van der Waals surface area contributed by atoms with E-state index in [-0.39, 0.29) is 4.75 Å². The summed E-state index contributed by atoms with van der Waals surface area (Å²) >= 11 is 1.85. The lowest BCUT2D eigenvalue weighted by Crippen LogP contribution is -2.31. The average molecular weight is 202 g/mol. The second kappa shape index (κ2) is 4.89. The van der Waals surface area contributed by atoms with Gasteiger partial charge < -0.3 is 5.11 Å². The van der Waals surface area contributed by atoms with Crippen LogP contribution in [0.3, 0.4) is 0 Å². The molecule has 0 spiro atoms. The van der Waals surface area contributed by atoms with E-state index in [4.69, 9.17) is 5.11 Å². The summed E-state index contributed by atoms with van der Waals surface area (Å²) in [5, 5.41) is 8.84. The Morgan fingerprint density at radius 1 is 1.38 bits per heavy atom. The summed E-state index contributed by atoms with van der Waals surface area (Å²) in [6.07, 6.45) is 6.24. The predicted molar refractivity (Wildman–Crippen MR) is 56.2 cm³/mol. The second-order valence-corrected chi connectivity index (χ2v) is 5.48. The molecule has 1 aliphatic rings. The van der Waals surface area contributed by atoms with Crippen molar-refractivity contribution >= 4 is 17.7 Å². The first-order valence-corrected chi connectivity index (χ1v) is 6.03. The molecule has 0 unspecified atom stereocenters. The van der Waals surface area contributed by atoms with E-state index >= 15 is 0 Å². The molecular formula is C10H18O2S. The molecule has 0 aliphatic heterocycles. The first kappa shape index (κ1) is 10.9. The van der Waals surface area contributed by atoms with Gasteiger partial charge in [-0.25, -0.2) is 0 Å². The SMILES string of the molecule is CCSC1(CC(=O)O)CCCCC1. The third-order valence-corrected chi connectivity index (χ3v) is 4.14. The van der Waals surface area contributed by atoms with Gasteiger partial charge in [0, 0.05) is 4.75 Å². The van der Waals surface area contributed by atoms with Crippen molar-refractivity contribution in [2.24, 2.45) is 0 Å². The van der Waals surface area contributed by atoms with Crippen LogP contribution in [0.5, 0.6) is 0 Å². The molecule has 1 rings (SSSR count). The van der Waals surface area contributed by atoms with Gasteiger partial charge in [-0.3, -0.25) is 4.79 Å². The van der Waals surface area contributed by atoms with Gasteiger partial charge in [-0.15, -0.1) is 0 Å². The predicted octanol–water partition coefficient (Wildman–Crippen LogP) is 2.92. The topological polar surface area (TPSA) is 37.3 Å². The quantitative estimate of drug-likeness (QED) is 0.761. The van der Waals surface area contributed by atoms with Gasteiger partial charge in [0.15, 0.2) is 0 Å². The van der Waals surface area contributed by atoms with E-state index in [2.05, 4.69) is 6.92 Å². The summed E-state index contributed by atoms with van der Waals surface area (Å²) < 4.78 is 0.0683. The van der Waals surface area contributed by atoms with Crippen LogP contribution in [0.4, 0.5) is 0 Å². The molecule has 0 atom stereocenters. The van der Waals surface area contributed by atoms with Gasteiger partial charge in [0.05, 0.1) is 6.42 Å². The Morgan fingerprint density at radius 3 is 2.46 bits per heavy atom. The van der Waals surface area contributed by atoms with Gasteiger partial charge in [0.2, 0.25) is 0 Å². The van der Waals surface area contributed by atoms with Crippen molar-refractivity contribution in [1.29, 1.82) is 0 Å². The van der Waals surface area contributed by atoms with Crippen LogP contribution in [0.1, 0.15) is 45.4 Å². The van der Waals surface area contributed by atoms with Crippen LogP contribution in [-0.4, -0.2) is 21.6 Å². The van der Waals surface area contributed by atoms with E-state index in [1.165, 1.54) is 19.3 Å². The fourth-order valence-electron chi connectivity index (χ4n) is 2.15. The molecule has 76 valence electrons. The first-order valence-electron chi connectivity index (χ1n) is 5.04. The van der Waals surface area contributed by atoms with Crippen LogP contribution in [-0.2, 0) is 4.79 Å². The Kier molecular flexibility index (Phi) is 4.10. The van der Waals surface area contributed by atoms with Gasteiger partial charge in [-0.2, -0.15) is 11.8 Å². The Balaban J connectivity index is 2.55. The van der Waals surface area contributed by atoms with Crippen LogP contribution in [0.25, 0.3) is 0 Å². The highest BCUT2D eigenvalue weighted by Gasteiger charge is 2.34. The van der Waals surface area contributed by atoms with Crippen molar-refractivity contribution in [3.05, 3.63) is 0 Å². The molecule has 0 bridgehead atoms. The molecule has 1 saturated carbocycles. The van der Waals surface area contributed by atoms with Crippen LogP contribution >= 0.6 is 11.8 Å². The zero-order chi connectivity index (χ0) is 9.73. The highest BCUT2D eigenvalue weighted by atomic mass is 32.2. The summed E-state index contributed by atoms with van der Waals surface area (Å²) in [4.78, 5) is 10.7. The van der Waals surface area contributed by atoms with Crippen LogP contribution < -0.4 is 0 Å². The maximum atomic E-state index is 10.7. The molecule has 0 heterocycles. The van der Waals surface area contributed by atoms with Crippen molar-refractivity contribution in [1.82, 2.24) is 0 Å². The molecule has 1 aliphatic carbocycles. The lowest BCUT2D eigenvalue weighted by molar-refractivity contribution is -0.137. The minimum Gasteiger partial charge on any atom is -0.481 e. The van der Waals surface area contributed by atoms with E-state index in [1.54, 1.807) is 0 Å². The second-order valence-electron chi connectivity index (χ2n) is 3.75. The normalized spacial score (nSPS) is 21.3. The number of carboxylic acid groups (broad SMARTS) is 1. The van der Waals surface area contributed by atoms with E-state index < -0.39 is 5.97 Å². The molecule has 3 heteroatoms. The molecule has 2 nitrogen and oxygen atoms in total. The number of thioether (sulfide) groups is 1. The van der Waals surface area contributed by atoms with Gasteiger partial charge in [-0.05, 0) is 18.6 Å². The number of hydrogen-bond acceptors (Lipinski definition) is 2. The minimum absolute atomic E-state index is 0.0683. The third-order valence-electron chi connectivity index (χ3n) is 2.69. The molecule has 1 fully saturated rings. The Labute approximate surface area is 84.1 Å². The Hall–Kier alpha value is -0.180. The first-order chi connectivity index (χ1) is 6.18. The fraction of sp³-hybridized carbons (Fsp3) is 0.900. The van der Waals surface area contributed by atoms with Crippen molar-refractivity contribution in [2.75, 3.05) is 5.75 Å². The minimum atomic E-state index is -0.636. The Bertz CT molecular complexity index is 168. The maximum Gasteiger partial charge on any atom is 0.304 e. The van der Waals surface area contributed by atoms with E-state index in [1.807, 2.05) is 11.8 Å². The monoisotopic (exact) mass is 202 g/mol. The summed E-state index contributed by atoms with van der Waals surface area (Å²) in [5.74, 6) is 0.399. The highest BCUT2D eigenvalue weighted by Crippen LogP contribution is 2.42. The molecule has 13 heavy (non-hydrogen) atoms. The van der Waals surface area contributed by atoms with Crippen molar-refractivity contribution in [2.45, 2.75) is 50.2 Å². The number of carbonyl (C=O) groups is 1. The largest absolute Gasteiger partial charge is 0.481 e. The molecular weight excluding hydrogens is 184 g/mol. The number of rotatable bonds is 4. The summed E-state index contributed by atoms with van der Waals surface area (Å²) in [7, 11) is 0. The maximum absolute atomic E-state index is 10.7. The lowest BCUT2D eigenvalue weighted by atomic mass is 9.86. The molecule has 0 amide bonds. The highest BCUT2D eigenvalue weighted by molar-refractivity contribution is 8.00. The van der Waals surface area contributed by atoms with E-state index in [0.717, 1.165) is 18.6 Å². The van der Waals surface area contributed by atoms with E-state index in [0.29, 0.717) is 6.42 Å². The standard InChI is InChI=1S/C10H18O2S/c1-2-13-10(8-9(11)12)6-4-3-5-7-10/h2-8H2,1H3,(H,11,12). The molecule has 0 saturated heterocycles. The summed E-state index contributed by atoms with van der Waals surface area (Å²) in [6, 6.07) is 0. The van der Waals surface area contributed by atoms with Crippen LogP contribution in [0.15, 0.2) is 0 Å². The van der Waals surface area contributed by atoms with Crippen LogP contribution in [0.2, 0.25) is 0 Å². The molecule has 1 N–H and O–H groups in total. The summed E-state index contributed by atoms with van der Waals surface area (Å²) in [5.41, 5.74) is 0. The number of hydrogen-bond donors (Lipinski definition) is 1. The fourth-order valence-corrected chi connectivity index (χ4v) is 3.57. The molecule has 0 radical (unpaired) electrons. The molecule has 0 aromatic rings. The van der Waals surface area contributed by atoms with Gasteiger partial charge in [0.25, 0.3) is 0 Å². The van der Waals surface area contributed by atoms with Crippen LogP contribution in [0, 0.1) is 0 Å². The van der Waals surface area contributed by atoms with Crippen molar-refractivity contribution in [3.63, 3.8) is 0 Å². The molecule has 0 aromatic carbocycles. The Morgan fingerprint density at radius 2 is 2.00 bits per heavy atom. The number of carboxylic acids is 1.